The van der Waals surface area contributed by atoms with Crippen LogP contribution in [0.5, 0.6) is 0 Å². The zero-order chi connectivity index (χ0) is 20.5. The number of hydrogen-bond donors (Lipinski definition) is 0. The van der Waals surface area contributed by atoms with Crippen molar-refractivity contribution in [2.75, 3.05) is 0 Å². The molecule has 0 heterocycles. The largest absolute Gasteiger partial charge is 0.460 e. The van der Waals surface area contributed by atoms with E-state index < -0.39 is 0 Å². The summed E-state index contributed by atoms with van der Waals surface area (Å²) in [6.07, 6.45) is 0. The summed E-state index contributed by atoms with van der Waals surface area (Å²) >= 11 is 0. The van der Waals surface area contributed by atoms with Crippen LogP contribution in [0.1, 0.15) is 30.5 Å². The summed E-state index contributed by atoms with van der Waals surface area (Å²) < 4.78 is 5.73. The van der Waals surface area contributed by atoms with Gasteiger partial charge in [-0.3, -0.25) is 9.69 Å². The lowest BCUT2D eigenvalue weighted by atomic mass is 10.0. The Labute approximate surface area is 174 Å². The first-order valence-corrected chi connectivity index (χ1v) is 10.2. The minimum atomic E-state index is -0.320. The summed E-state index contributed by atoms with van der Waals surface area (Å²) in [7, 11) is 0. The van der Waals surface area contributed by atoms with Crippen LogP contribution >= 0.6 is 0 Å². The lowest BCUT2D eigenvalue weighted by Crippen LogP contribution is -2.44. The van der Waals surface area contributed by atoms with Crippen molar-refractivity contribution in [3.8, 4) is 0 Å². The highest BCUT2D eigenvalue weighted by Gasteiger charge is 2.30. The monoisotopic (exact) mass is 387 g/mol. The highest BCUT2D eigenvalue weighted by atomic mass is 16.5. The zero-order valence-corrected chi connectivity index (χ0v) is 17.2. The molecule has 0 fully saturated rings. The average Bonchev–Trinajstić information content (AvgIpc) is 2.74. The van der Waals surface area contributed by atoms with Crippen molar-refractivity contribution >= 4 is 5.97 Å². The van der Waals surface area contributed by atoms with Crippen LogP contribution in [0, 0.1) is 5.92 Å². The Morgan fingerprint density at radius 3 is 1.55 bits per heavy atom. The van der Waals surface area contributed by atoms with Crippen LogP contribution in [-0.4, -0.2) is 16.9 Å². The third kappa shape index (κ3) is 6.30. The minimum Gasteiger partial charge on any atom is -0.460 e. The molecule has 29 heavy (non-hydrogen) atoms. The maximum Gasteiger partial charge on any atom is 0.323 e. The summed E-state index contributed by atoms with van der Waals surface area (Å²) in [4.78, 5) is 15.3. The van der Waals surface area contributed by atoms with Crippen molar-refractivity contribution in [1.82, 2.24) is 4.90 Å². The van der Waals surface area contributed by atoms with E-state index in [4.69, 9.17) is 4.74 Å². The van der Waals surface area contributed by atoms with E-state index >= 15 is 0 Å². The first-order valence-electron chi connectivity index (χ1n) is 10.2. The van der Waals surface area contributed by atoms with Crippen molar-refractivity contribution in [2.45, 2.75) is 39.6 Å². The van der Waals surface area contributed by atoms with Gasteiger partial charge in [-0.1, -0.05) is 105 Å². The molecule has 0 saturated heterocycles. The Hall–Kier alpha value is -2.91. The van der Waals surface area contributed by atoms with E-state index in [2.05, 4.69) is 43.0 Å². The zero-order valence-electron chi connectivity index (χ0n) is 17.2. The molecule has 0 bridgehead atoms. The van der Waals surface area contributed by atoms with Crippen LogP contribution in [0.25, 0.3) is 0 Å². The van der Waals surface area contributed by atoms with Crippen molar-refractivity contribution in [2.24, 2.45) is 5.92 Å². The van der Waals surface area contributed by atoms with Gasteiger partial charge < -0.3 is 4.74 Å². The number of rotatable bonds is 9. The van der Waals surface area contributed by atoms with E-state index in [0.29, 0.717) is 19.7 Å². The minimum absolute atomic E-state index is 0.130. The second kappa shape index (κ2) is 10.6. The number of carbonyl (C=O) groups excluding carboxylic acids is 1. The molecule has 3 aromatic carbocycles. The molecule has 0 radical (unpaired) electrons. The Bertz CT molecular complexity index is 821. The number of ether oxygens (including phenoxy) is 1. The Balaban J connectivity index is 1.79. The Morgan fingerprint density at radius 2 is 1.14 bits per heavy atom. The van der Waals surface area contributed by atoms with E-state index in [1.165, 1.54) is 11.1 Å². The molecule has 3 heteroatoms. The van der Waals surface area contributed by atoms with Crippen LogP contribution in [0.3, 0.4) is 0 Å². The van der Waals surface area contributed by atoms with Gasteiger partial charge in [0.25, 0.3) is 0 Å². The van der Waals surface area contributed by atoms with E-state index in [1.807, 2.05) is 66.7 Å². The third-order valence-corrected chi connectivity index (χ3v) is 4.95. The second-order valence-corrected chi connectivity index (χ2v) is 7.66. The molecule has 150 valence electrons. The molecule has 3 aromatic rings. The van der Waals surface area contributed by atoms with E-state index in [0.717, 1.165) is 5.56 Å². The molecule has 0 aliphatic rings. The fourth-order valence-corrected chi connectivity index (χ4v) is 3.55. The molecule has 0 amide bonds. The van der Waals surface area contributed by atoms with E-state index in [-0.39, 0.29) is 17.9 Å². The molecule has 0 aliphatic carbocycles. The molecule has 1 atom stereocenters. The van der Waals surface area contributed by atoms with Crippen LogP contribution in [-0.2, 0) is 29.2 Å². The summed E-state index contributed by atoms with van der Waals surface area (Å²) in [5, 5.41) is 0. The van der Waals surface area contributed by atoms with Gasteiger partial charge in [-0.25, -0.2) is 0 Å². The molecular formula is C26H29NO2. The van der Waals surface area contributed by atoms with E-state index in [1.54, 1.807) is 0 Å². The van der Waals surface area contributed by atoms with Gasteiger partial charge in [-0.2, -0.15) is 0 Å². The molecule has 0 N–H and O–H groups in total. The van der Waals surface area contributed by atoms with Gasteiger partial charge in [0, 0.05) is 13.1 Å². The van der Waals surface area contributed by atoms with E-state index in [9.17, 15) is 4.79 Å². The first-order chi connectivity index (χ1) is 14.1. The van der Waals surface area contributed by atoms with Crippen LogP contribution in [0.2, 0.25) is 0 Å². The van der Waals surface area contributed by atoms with Gasteiger partial charge in [0.05, 0.1) is 0 Å². The number of carbonyl (C=O) groups is 1. The summed E-state index contributed by atoms with van der Waals surface area (Å²) in [6.45, 7) is 5.85. The summed E-state index contributed by atoms with van der Waals surface area (Å²) in [6, 6.07) is 30.1. The molecule has 0 spiro atoms. The molecule has 3 rings (SSSR count). The van der Waals surface area contributed by atoms with Crippen LogP contribution in [0.4, 0.5) is 0 Å². The fourth-order valence-electron chi connectivity index (χ4n) is 3.55. The van der Waals surface area contributed by atoms with Gasteiger partial charge in [0.15, 0.2) is 0 Å². The first kappa shape index (κ1) is 20.8. The van der Waals surface area contributed by atoms with Crippen molar-refractivity contribution in [1.29, 1.82) is 0 Å². The number of hydrogen-bond acceptors (Lipinski definition) is 3. The standard InChI is InChI=1S/C26H29NO2/c1-21(2)25(26(28)29-20-24-16-10-5-11-17-24)27(18-22-12-6-3-7-13-22)19-23-14-8-4-9-15-23/h3-17,21,25H,18-20H2,1-2H3/t25-/m1/s1. The lowest BCUT2D eigenvalue weighted by Gasteiger charge is -2.33. The number of benzene rings is 3. The normalized spacial score (nSPS) is 12.1. The van der Waals surface area contributed by atoms with Gasteiger partial charge >= 0.3 is 5.97 Å². The lowest BCUT2D eigenvalue weighted by molar-refractivity contribution is -0.154. The van der Waals surface area contributed by atoms with Gasteiger partial charge in [-0.15, -0.1) is 0 Å². The molecule has 3 nitrogen and oxygen atoms in total. The van der Waals surface area contributed by atoms with Crippen molar-refractivity contribution in [3.05, 3.63) is 108 Å². The topological polar surface area (TPSA) is 29.5 Å². The summed E-state index contributed by atoms with van der Waals surface area (Å²) in [5.74, 6) is -0.0404. The molecule has 0 unspecified atom stereocenters. The maximum absolute atomic E-state index is 13.1. The molecule has 0 saturated carbocycles. The van der Waals surface area contributed by atoms with Gasteiger partial charge in [0.1, 0.15) is 12.6 Å². The maximum atomic E-state index is 13.1. The Kier molecular flexibility index (Phi) is 7.60. The molecular weight excluding hydrogens is 358 g/mol. The quantitative estimate of drug-likeness (QED) is 0.457. The Morgan fingerprint density at radius 1 is 0.724 bits per heavy atom. The second-order valence-electron chi connectivity index (χ2n) is 7.66. The fraction of sp³-hybridized carbons (Fsp3) is 0.269. The predicted molar refractivity (Wildman–Crippen MR) is 117 cm³/mol. The smallest absolute Gasteiger partial charge is 0.323 e. The van der Waals surface area contributed by atoms with Crippen LogP contribution in [0.15, 0.2) is 91.0 Å². The van der Waals surface area contributed by atoms with Gasteiger partial charge in [0.2, 0.25) is 0 Å². The number of esters is 1. The highest BCUT2D eigenvalue weighted by molar-refractivity contribution is 5.76. The molecule has 0 aliphatic heterocycles. The summed E-state index contributed by atoms with van der Waals surface area (Å²) in [5.41, 5.74) is 3.37. The van der Waals surface area contributed by atoms with Gasteiger partial charge in [-0.05, 0) is 22.6 Å². The predicted octanol–water partition coefficient (Wildman–Crippen LogP) is 5.46. The van der Waals surface area contributed by atoms with Crippen LogP contribution < -0.4 is 0 Å². The highest BCUT2D eigenvalue weighted by Crippen LogP contribution is 2.20. The van der Waals surface area contributed by atoms with Crippen molar-refractivity contribution < 1.29 is 9.53 Å². The molecule has 0 aromatic heterocycles. The SMILES string of the molecule is CC(C)[C@H](C(=O)OCc1ccccc1)N(Cc1ccccc1)Cc1ccccc1. The number of nitrogens with zero attached hydrogens (tertiary/aromatic N) is 1. The average molecular weight is 388 g/mol. The third-order valence-electron chi connectivity index (χ3n) is 4.95. The van der Waals surface area contributed by atoms with Crippen molar-refractivity contribution in [3.63, 3.8) is 0 Å².